The molecule has 1 fully saturated rings. The summed E-state index contributed by atoms with van der Waals surface area (Å²) in [6, 6.07) is 5.83. The molecule has 1 heterocycles. The van der Waals surface area contributed by atoms with Crippen LogP contribution in [0.1, 0.15) is 0 Å². The molecule has 6 nitrogen and oxygen atoms in total. The SMILES string of the molecule is COC(=O)[C@H]1[C@H](C(=O)OC)N1c1ccc(OC)cc1. The predicted molar refractivity (Wildman–Crippen MR) is 67.1 cm³/mol. The first-order valence-electron chi connectivity index (χ1n) is 5.72. The zero-order valence-electron chi connectivity index (χ0n) is 11.0. The van der Waals surface area contributed by atoms with E-state index in [4.69, 9.17) is 4.74 Å². The Kier molecular flexibility index (Phi) is 3.59. The molecule has 0 amide bonds. The van der Waals surface area contributed by atoms with Crippen LogP contribution in [-0.2, 0) is 19.1 Å². The molecule has 2 rings (SSSR count). The first-order chi connectivity index (χ1) is 9.13. The van der Waals surface area contributed by atoms with Crippen molar-refractivity contribution >= 4 is 17.6 Å². The Morgan fingerprint density at radius 3 is 1.79 bits per heavy atom. The van der Waals surface area contributed by atoms with Crippen molar-refractivity contribution in [2.75, 3.05) is 26.2 Å². The average Bonchev–Trinajstić information content (AvgIpc) is 3.21. The highest BCUT2D eigenvalue weighted by Gasteiger charge is 2.59. The normalized spacial score (nSPS) is 20.7. The number of benzene rings is 1. The van der Waals surface area contributed by atoms with Crippen LogP contribution in [-0.4, -0.2) is 45.4 Å². The summed E-state index contributed by atoms with van der Waals surface area (Å²) in [5, 5.41) is 0. The fourth-order valence-electron chi connectivity index (χ4n) is 2.03. The summed E-state index contributed by atoms with van der Waals surface area (Å²) in [7, 11) is 4.16. The minimum atomic E-state index is -0.620. The van der Waals surface area contributed by atoms with Crippen LogP contribution in [0.15, 0.2) is 24.3 Å². The van der Waals surface area contributed by atoms with E-state index in [1.165, 1.54) is 14.2 Å². The van der Waals surface area contributed by atoms with Gasteiger partial charge in [0.1, 0.15) is 5.75 Å². The molecule has 1 aliphatic heterocycles. The van der Waals surface area contributed by atoms with Gasteiger partial charge in [0.15, 0.2) is 12.1 Å². The lowest BCUT2D eigenvalue weighted by Crippen LogP contribution is -2.18. The second-order valence-electron chi connectivity index (χ2n) is 4.04. The average molecular weight is 265 g/mol. The number of carbonyl (C=O) groups excluding carboxylic acids is 2. The van der Waals surface area contributed by atoms with Crippen LogP contribution in [0, 0.1) is 0 Å². The number of carbonyl (C=O) groups is 2. The molecule has 1 aromatic rings. The molecule has 1 aliphatic rings. The summed E-state index contributed by atoms with van der Waals surface area (Å²) >= 11 is 0. The molecule has 0 bridgehead atoms. The molecular weight excluding hydrogens is 250 g/mol. The van der Waals surface area contributed by atoms with E-state index in [9.17, 15) is 9.59 Å². The molecule has 0 saturated carbocycles. The van der Waals surface area contributed by atoms with Crippen LogP contribution in [0.5, 0.6) is 5.75 Å². The van der Waals surface area contributed by atoms with Gasteiger partial charge in [-0.1, -0.05) is 0 Å². The maximum atomic E-state index is 11.6. The number of anilines is 1. The van der Waals surface area contributed by atoms with Crippen LogP contribution >= 0.6 is 0 Å². The van der Waals surface area contributed by atoms with Crippen molar-refractivity contribution in [3.05, 3.63) is 24.3 Å². The van der Waals surface area contributed by atoms with Gasteiger partial charge in [-0.3, -0.25) is 0 Å². The Morgan fingerprint density at radius 2 is 1.42 bits per heavy atom. The van der Waals surface area contributed by atoms with Gasteiger partial charge in [0, 0.05) is 5.69 Å². The molecule has 19 heavy (non-hydrogen) atoms. The van der Waals surface area contributed by atoms with E-state index in [-0.39, 0.29) is 0 Å². The maximum absolute atomic E-state index is 11.6. The zero-order valence-corrected chi connectivity index (χ0v) is 11.0. The van der Waals surface area contributed by atoms with Crippen molar-refractivity contribution in [2.45, 2.75) is 12.1 Å². The highest BCUT2D eigenvalue weighted by atomic mass is 16.5. The van der Waals surface area contributed by atoms with E-state index in [1.807, 2.05) is 0 Å². The summed E-state index contributed by atoms with van der Waals surface area (Å²) in [5.74, 6) is -0.202. The Bertz CT molecular complexity index is 462. The van der Waals surface area contributed by atoms with Crippen molar-refractivity contribution < 1.29 is 23.8 Å². The van der Waals surface area contributed by atoms with E-state index >= 15 is 0 Å². The van der Waals surface area contributed by atoms with Gasteiger partial charge in [0.2, 0.25) is 0 Å². The van der Waals surface area contributed by atoms with Gasteiger partial charge >= 0.3 is 11.9 Å². The fourth-order valence-corrected chi connectivity index (χ4v) is 2.03. The second-order valence-corrected chi connectivity index (χ2v) is 4.04. The zero-order chi connectivity index (χ0) is 14.0. The number of ether oxygens (including phenoxy) is 3. The number of hydrogen-bond acceptors (Lipinski definition) is 6. The van der Waals surface area contributed by atoms with Crippen molar-refractivity contribution in [1.29, 1.82) is 0 Å². The lowest BCUT2D eigenvalue weighted by molar-refractivity contribution is -0.144. The molecule has 0 aromatic heterocycles. The van der Waals surface area contributed by atoms with Gasteiger partial charge in [-0.05, 0) is 24.3 Å². The third-order valence-electron chi connectivity index (χ3n) is 3.06. The molecule has 0 unspecified atom stereocenters. The van der Waals surface area contributed by atoms with Gasteiger partial charge in [-0.2, -0.15) is 0 Å². The molecule has 0 radical (unpaired) electrons. The minimum Gasteiger partial charge on any atom is -0.497 e. The quantitative estimate of drug-likeness (QED) is 0.586. The molecule has 0 aliphatic carbocycles. The largest absolute Gasteiger partial charge is 0.497 e. The highest BCUT2D eigenvalue weighted by molar-refractivity contribution is 6.00. The van der Waals surface area contributed by atoms with Gasteiger partial charge in [-0.25, -0.2) is 9.59 Å². The van der Waals surface area contributed by atoms with E-state index in [0.29, 0.717) is 5.75 Å². The third kappa shape index (κ3) is 2.33. The molecule has 1 aromatic carbocycles. The van der Waals surface area contributed by atoms with Crippen molar-refractivity contribution in [3.63, 3.8) is 0 Å². The Labute approximate surface area is 110 Å². The lowest BCUT2D eigenvalue weighted by Gasteiger charge is -2.06. The predicted octanol–water partition coefficient (Wildman–Crippen LogP) is 0.598. The van der Waals surface area contributed by atoms with Gasteiger partial charge in [-0.15, -0.1) is 0 Å². The second kappa shape index (κ2) is 5.17. The van der Waals surface area contributed by atoms with Gasteiger partial charge < -0.3 is 19.1 Å². The summed E-state index contributed by atoms with van der Waals surface area (Å²) < 4.78 is 14.4. The molecular formula is C13H15NO5. The Morgan fingerprint density at radius 1 is 0.947 bits per heavy atom. The summed E-state index contributed by atoms with van der Waals surface area (Å²) in [5.41, 5.74) is 0.742. The summed E-state index contributed by atoms with van der Waals surface area (Å²) in [6.07, 6.45) is 0. The van der Waals surface area contributed by atoms with Crippen molar-refractivity contribution in [3.8, 4) is 5.75 Å². The highest BCUT2D eigenvalue weighted by Crippen LogP contribution is 2.37. The van der Waals surface area contributed by atoms with E-state index in [2.05, 4.69) is 9.47 Å². The number of rotatable bonds is 4. The van der Waals surface area contributed by atoms with Crippen LogP contribution in [0.25, 0.3) is 0 Å². The molecule has 1 saturated heterocycles. The maximum Gasteiger partial charge on any atom is 0.331 e. The van der Waals surface area contributed by atoms with Crippen LogP contribution in [0.4, 0.5) is 5.69 Å². The van der Waals surface area contributed by atoms with E-state index in [1.54, 1.807) is 36.3 Å². The van der Waals surface area contributed by atoms with Crippen LogP contribution in [0.2, 0.25) is 0 Å². The monoisotopic (exact) mass is 265 g/mol. The smallest absolute Gasteiger partial charge is 0.331 e. The number of nitrogens with zero attached hydrogens (tertiary/aromatic N) is 1. The number of methoxy groups -OCH3 is 3. The molecule has 0 spiro atoms. The van der Waals surface area contributed by atoms with E-state index < -0.39 is 24.0 Å². The third-order valence-corrected chi connectivity index (χ3v) is 3.06. The summed E-state index contributed by atoms with van der Waals surface area (Å²) in [6.45, 7) is 0. The number of hydrogen-bond donors (Lipinski definition) is 0. The molecule has 6 heteroatoms. The molecule has 2 atom stereocenters. The Balaban J connectivity index is 2.21. The van der Waals surface area contributed by atoms with Crippen LogP contribution in [0.3, 0.4) is 0 Å². The van der Waals surface area contributed by atoms with Gasteiger partial charge in [0.25, 0.3) is 0 Å². The minimum absolute atomic E-state index is 0.453. The summed E-state index contributed by atoms with van der Waals surface area (Å²) in [4.78, 5) is 24.9. The number of esters is 2. The van der Waals surface area contributed by atoms with E-state index in [0.717, 1.165) is 5.69 Å². The van der Waals surface area contributed by atoms with Gasteiger partial charge in [0.05, 0.1) is 21.3 Å². The first kappa shape index (κ1) is 13.2. The lowest BCUT2D eigenvalue weighted by atomic mass is 10.3. The molecule has 102 valence electrons. The Hall–Kier alpha value is -2.24. The fraction of sp³-hybridized carbons (Fsp3) is 0.385. The van der Waals surface area contributed by atoms with Crippen molar-refractivity contribution in [2.24, 2.45) is 0 Å². The molecule has 0 N–H and O–H groups in total. The first-order valence-corrected chi connectivity index (χ1v) is 5.72. The van der Waals surface area contributed by atoms with Crippen molar-refractivity contribution in [1.82, 2.24) is 0 Å². The topological polar surface area (TPSA) is 64.8 Å². The standard InChI is InChI=1S/C13H15NO5/c1-17-9-6-4-8(5-7-9)14-10(12(15)18-2)11(14)13(16)19-3/h4-7,10-11H,1-3H3/t10-,11-/m1/s1. The van der Waals surface area contributed by atoms with Crippen LogP contribution < -0.4 is 9.64 Å².